The van der Waals surface area contributed by atoms with E-state index in [1.54, 1.807) is 20.8 Å². The molecule has 1 rings (SSSR count). The zero-order valence-corrected chi connectivity index (χ0v) is 13.0. The number of ether oxygens (including phenoxy) is 2. The number of nitrogen functional groups attached to an aromatic ring is 2. The third kappa shape index (κ3) is 3.73. The van der Waals surface area contributed by atoms with Crippen LogP contribution in [0.25, 0.3) is 0 Å². The molecule has 7 heteroatoms. The fourth-order valence-electron chi connectivity index (χ4n) is 1.35. The van der Waals surface area contributed by atoms with E-state index >= 15 is 0 Å². The molecule has 1 aromatic heterocycles. The number of carbonyl (C=O) groups is 1. The molecule has 19 heavy (non-hydrogen) atoms. The molecule has 0 aliphatic rings. The number of hydrogen-bond acceptors (Lipinski definition) is 6. The minimum absolute atomic E-state index is 0.0154. The largest absolute Gasteiger partial charge is 0.477 e. The van der Waals surface area contributed by atoms with E-state index in [-0.39, 0.29) is 22.9 Å². The van der Waals surface area contributed by atoms with Crippen molar-refractivity contribution in [3.63, 3.8) is 0 Å². The molecule has 6 nitrogen and oxygen atoms in total. The van der Waals surface area contributed by atoms with Crippen LogP contribution in [0.5, 0.6) is 5.88 Å². The molecule has 0 radical (unpaired) electrons. The second kappa shape index (κ2) is 5.64. The van der Waals surface area contributed by atoms with E-state index in [2.05, 4.69) is 20.9 Å². The van der Waals surface area contributed by atoms with Gasteiger partial charge in [-0.05, 0) is 43.6 Å². The molecule has 0 spiro atoms. The normalized spacial score (nSPS) is 11.2. The standard InChI is InChI=1S/C12H18BrN3O3/c1-5-18-10-7(13)8(14)6(9(15)16-10)11(17)19-12(2,3)4/h5H2,1-4H3,(H4,14,15,16). The Labute approximate surface area is 120 Å². The zero-order valence-electron chi connectivity index (χ0n) is 11.4. The van der Waals surface area contributed by atoms with Crippen molar-refractivity contribution in [2.24, 2.45) is 0 Å². The van der Waals surface area contributed by atoms with Crippen LogP contribution in [-0.4, -0.2) is 23.2 Å². The van der Waals surface area contributed by atoms with E-state index in [4.69, 9.17) is 20.9 Å². The van der Waals surface area contributed by atoms with Gasteiger partial charge in [-0.3, -0.25) is 0 Å². The number of carbonyl (C=O) groups excluding carboxylic acids is 1. The number of aromatic nitrogens is 1. The van der Waals surface area contributed by atoms with E-state index in [1.165, 1.54) is 0 Å². The number of esters is 1. The highest BCUT2D eigenvalue weighted by Crippen LogP contribution is 2.35. The van der Waals surface area contributed by atoms with Crippen LogP contribution in [0.4, 0.5) is 11.5 Å². The highest BCUT2D eigenvalue weighted by molar-refractivity contribution is 9.10. The number of nitrogens with zero attached hydrogens (tertiary/aromatic N) is 1. The molecule has 0 atom stereocenters. The number of anilines is 2. The molecule has 0 saturated carbocycles. The lowest BCUT2D eigenvalue weighted by Gasteiger charge is -2.21. The Morgan fingerprint density at radius 2 is 1.95 bits per heavy atom. The molecule has 0 aliphatic carbocycles. The molecule has 0 unspecified atom stereocenters. The Morgan fingerprint density at radius 1 is 1.37 bits per heavy atom. The molecule has 1 heterocycles. The second-order valence-electron chi connectivity index (χ2n) is 4.84. The van der Waals surface area contributed by atoms with Gasteiger partial charge in [-0.2, -0.15) is 4.98 Å². The first-order chi connectivity index (χ1) is 8.67. The Kier molecular flexibility index (Phi) is 4.62. The van der Waals surface area contributed by atoms with E-state index in [0.29, 0.717) is 11.1 Å². The van der Waals surface area contributed by atoms with Gasteiger partial charge in [0.1, 0.15) is 21.5 Å². The van der Waals surface area contributed by atoms with Crippen molar-refractivity contribution in [2.45, 2.75) is 33.3 Å². The van der Waals surface area contributed by atoms with Crippen LogP contribution in [0.3, 0.4) is 0 Å². The van der Waals surface area contributed by atoms with Crippen molar-refractivity contribution in [1.82, 2.24) is 4.98 Å². The van der Waals surface area contributed by atoms with Gasteiger partial charge in [-0.1, -0.05) is 0 Å². The van der Waals surface area contributed by atoms with Crippen molar-refractivity contribution in [2.75, 3.05) is 18.1 Å². The maximum atomic E-state index is 12.0. The first-order valence-corrected chi connectivity index (χ1v) is 6.57. The van der Waals surface area contributed by atoms with Gasteiger partial charge in [-0.15, -0.1) is 0 Å². The summed E-state index contributed by atoms with van der Waals surface area (Å²) in [6.07, 6.45) is 0. The number of rotatable bonds is 3. The zero-order chi connectivity index (χ0) is 14.8. The third-order valence-corrected chi connectivity index (χ3v) is 2.82. The van der Waals surface area contributed by atoms with Crippen molar-refractivity contribution < 1.29 is 14.3 Å². The third-order valence-electron chi connectivity index (χ3n) is 2.06. The maximum absolute atomic E-state index is 12.0. The molecule has 106 valence electrons. The molecule has 0 bridgehead atoms. The van der Waals surface area contributed by atoms with E-state index in [0.717, 1.165) is 0 Å². The maximum Gasteiger partial charge on any atom is 0.344 e. The molecule has 4 N–H and O–H groups in total. The first-order valence-electron chi connectivity index (χ1n) is 5.78. The van der Waals surface area contributed by atoms with Gasteiger partial charge < -0.3 is 20.9 Å². The predicted molar refractivity (Wildman–Crippen MR) is 77.1 cm³/mol. The van der Waals surface area contributed by atoms with Gasteiger partial charge in [0, 0.05) is 0 Å². The SMILES string of the molecule is CCOc1nc(N)c(C(=O)OC(C)(C)C)c(N)c1Br. The van der Waals surface area contributed by atoms with Gasteiger partial charge >= 0.3 is 5.97 Å². The van der Waals surface area contributed by atoms with Crippen LogP contribution in [0.1, 0.15) is 38.1 Å². The van der Waals surface area contributed by atoms with Gasteiger partial charge in [0.05, 0.1) is 12.3 Å². The topological polar surface area (TPSA) is 100 Å². The van der Waals surface area contributed by atoms with E-state index < -0.39 is 11.6 Å². The van der Waals surface area contributed by atoms with Gasteiger partial charge in [0.25, 0.3) is 0 Å². The molecule has 0 aromatic carbocycles. The van der Waals surface area contributed by atoms with Crippen LogP contribution >= 0.6 is 15.9 Å². The Balaban J connectivity index is 3.23. The number of nitrogens with two attached hydrogens (primary N) is 2. The Bertz CT molecular complexity index is 498. The summed E-state index contributed by atoms with van der Waals surface area (Å²) in [4.78, 5) is 16.0. The smallest absolute Gasteiger partial charge is 0.344 e. The number of halogens is 1. The van der Waals surface area contributed by atoms with Gasteiger partial charge in [-0.25, -0.2) is 4.79 Å². The highest BCUT2D eigenvalue weighted by Gasteiger charge is 2.25. The lowest BCUT2D eigenvalue weighted by atomic mass is 10.1. The average molecular weight is 332 g/mol. The van der Waals surface area contributed by atoms with E-state index in [1.807, 2.05) is 6.92 Å². The summed E-state index contributed by atoms with van der Waals surface area (Å²) in [5, 5.41) is 0. The fraction of sp³-hybridized carbons (Fsp3) is 0.500. The molecule has 0 amide bonds. The van der Waals surface area contributed by atoms with Crippen LogP contribution in [0, 0.1) is 0 Å². The van der Waals surface area contributed by atoms with Crippen molar-refractivity contribution >= 4 is 33.4 Å². The molecule has 1 aromatic rings. The lowest BCUT2D eigenvalue weighted by Crippen LogP contribution is -2.25. The monoisotopic (exact) mass is 331 g/mol. The summed E-state index contributed by atoms with van der Waals surface area (Å²) in [7, 11) is 0. The molecule has 0 fully saturated rings. The molecular weight excluding hydrogens is 314 g/mol. The molecule has 0 saturated heterocycles. The Morgan fingerprint density at radius 3 is 2.42 bits per heavy atom. The number of pyridine rings is 1. The minimum Gasteiger partial charge on any atom is -0.477 e. The highest BCUT2D eigenvalue weighted by atomic mass is 79.9. The van der Waals surface area contributed by atoms with Crippen LogP contribution in [0.2, 0.25) is 0 Å². The van der Waals surface area contributed by atoms with Gasteiger partial charge in [0.2, 0.25) is 5.88 Å². The summed E-state index contributed by atoms with van der Waals surface area (Å²) in [6, 6.07) is 0. The summed E-state index contributed by atoms with van der Waals surface area (Å²) in [6.45, 7) is 7.50. The van der Waals surface area contributed by atoms with Crippen molar-refractivity contribution in [3.05, 3.63) is 10.0 Å². The molecular formula is C12H18BrN3O3. The summed E-state index contributed by atoms with van der Waals surface area (Å²) in [5.74, 6) is -0.373. The Hall–Kier alpha value is -1.50. The van der Waals surface area contributed by atoms with Crippen molar-refractivity contribution in [1.29, 1.82) is 0 Å². The first kappa shape index (κ1) is 15.6. The summed E-state index contributed by atoms with van der Waals surface area (Å²) < 4.78 is 10.9. The molecule has 0 aliphatic heterocycles. The van der Waals surface area contributed by atoms with Crippen LogP contribution in [-0.2, 0) is 4.74 Å². The van der Waals surface area contributed by atoms with Crippen LogP contribution in [0.15, 0.2) is 4.47 Å². The minimum atomic E-state index is -0.638. The van der Waals surface area contributed by atoms with E-state index in [9.17, 15) is 4.79 Å². The van der Waals surface area contributed by atoms with Crippen molar-refractivity contribution in [3.8, 4) is 5.88 Å². The summed E-state index contributed by atoms with van der Waals surface area (Å²) >= 11 is 3.24. The number of hydrogen-bond donors (Lipinski definition) is 2. The van der Waals surface area contributed by atoms with Gasteiger partial charge in [0.15, 0.2) is 0 Å². The average Bonchev–Trinajstić information content (AvgIpc) is 2.23. The van der Waals surface area contributed by atoms with Crippen LogP contribution < -0.4 is 16.2 Å². The fourth-order valence-corrected chi connectivity index (χ4v) is 1.75. The second-order valence-corrected chi connectivity index (χ2v) is 5.63. The quantitative estimate of drug-likeness (QED) is 0.824. The predicted octanol–water partition coefficient (Wildman–Crippen LogP) is 2.36. The summed E-state index contributed by atoms with van der Waals surface area (Å²) in [5.41, 5.74) is 11.2. The lowest BCUT2D eigenvalue weighted by molar-refractivity contribution is 0.00716.